The van der Waals surface area contributed by atoms with Gasteiger partial charge in [-0.15, -0.1) is 0 Å². The van der Waals surface area contributed by atoms with Crippen molar-refractivity contribution in [3.05, 3.63) is 0 Å². The maximum absolute atomic E-state index is 12.3. The minimum absolute atomic E-state index is 0.0445. The summed E-state index contributed by atoms with van der Waals surface area (Å²) in [5, 5.41) is 3.29. The first-order valence-corrected chi connectivity index (χ1v) is 9.20. The first-order chi connectivity index (χ1) is 9.60. The van der Waals surface area contributed by atoms with E-state index in [-0.39, 0.29) is 5.97 Å². The Bertz CT molecular complexity index is 298. The maximum Gasteiger partial charge on any atom is 0.326 e. The largest absolute Gasteiger partial charge is 0.465 e. The molecule has 0 amide bonds. The van der Waals surface area contributed by atoms with Crippen molar-refractivity contribution in [2.45, 2.75) is 58.4 Å². The zero-order valence-electron chi connectivity index (χ0n) is 13.5. The fourth-order valence-corrected chi connectivity index (χ4v) is 4.31. The Balaban J connectivity index is 2.48. The van der Waals surface area contributed by atoms with Crippen molar-refractivity contribution in [3.8, 4) is 0 Å². The lowest BCUT2D eigenvalue weighted by atomic mass is 9.85. The smallest absolute Gasteiger partial charge is 0.326 e. The maximum atomic E-state index is 12.3. The lowest BCUT2D eigenvalue weighted by Crippen LogP contribution is -2.54. The molecule has 20 heavy (non-hydrogen) atoms. The second kappa shape index (κ2) is 8.93. The monoisotopic (exact) mass is 301 g/mol. The predicted octanol–water partition coefficient (Wildman–Crippen LogP) is 3.48. The van der Waals surface area contributed by atoms with Crippen LogP contribution < -0.4 is 5.32 Å². The highest BCUT2D eigenvalue weighted by Crippen LogP contribution is 2.39. The van der Waals surface area contributed by atoms with Gasteiger partial charge in [0.05, 0.1) is 6.61 Å². The summed E-state index contributed by atoms with van der Waals surface area (Å²) in [7, 11) is 1.90. The van der Waals surface area contributed by atoms with Gasteiger partial charge in [-0.25, -0.2) is 0 Å². The van der Waals surface area contributed by atoms with Gasteiger partial charge in [-0.2, -0.15) is 11.8 Å². The van der Waals surface area contributed by atoms with E-state index in [0.717, 1.165) is 37.4 Å². The molecule has 0 aromatic heterocycles. The molecule has 1 rings (SSSR count). The topological polar surface area (TPSA) is 38.3 Å². The van der Waals surface area contributed by atoms with E-state index in [1.54, 1.807) is 0 Å². The summed E-state index contributed by atoms with van der Waals surface area (Å²) in [4.78, 5) is 12.3. The predicted molar refractivity (Wildman–Crippen MR) is 87.2 cm³/mol. The Morgan fingerprint density at radius 1 is 1.50 bits per heavy atom. The number of rotatable bonds is 9. The highest BCUT2D eigenvalue weighted by molar-refractivity contribution is 7.99. The van der Waals surface area contributed by atoms with Crippen LogP contribution in [0.1, 0.15) is 52.9 Å². The standard InChI is InChI=1S/C16H31NO2S/c1-5-13(3)12-20-11-9-14-8-7-10-16(14,17-4)15(18)19-6-2/h13-14,17H,5-12H2,1-4H3. The zero-order valence-corrected chi connectivity index (χ0v) is 14.4. The van der Waals surface area contributed by atoms with Gasteiger partial charge in [0.25, 0.3) is 0 Å². The molecule has 1 fully saturated rings. The van der Waals surface area contributed by atoms with Crippen molar-refractivity contribution < 1.29 is 9.53 Å². The molecule has 0 bridgehead atoms. The molecule has 1 saturated carbocycles. The number of ether oxygens (including phenoxy) is 1. The molecule has 3 unspecified atom stereocenters. The Morgan fingerprint density at radius 2 is 2.25 bits per heavy atom. The molecule has 0 aromatic carbocycles. The summed E-state index contributed by atoms with van der Waals surface area (Å²) >= 11 is 2.03. The number of carbonyl (C=O) groups is 1. The van der Waals surface area contributed by atoms with Gasteiger partial charge in [-0.1, -0.05) is 26.7 Å². The first-order valence-electron chi connectivity index (χ1n) is 8.04. The molecule has 0 saturated heterocycles. The van der Waals surface area contributed by atoms with Crippen LogP contribution in [0.5, 0.6) is 0 Å². The summed E-state index contributed by atoms with van der Waals surface area (Å²) in [5.74, 6) is 3.56. The summed E-state index contributed by atoms with van der Waals surface area (Å²) in [6, 6.07) is 0. The van der Waals surface area contributed by atoms with Crippen LogP contribution in [0.2, 0.25) is 0 Å². The Labute approximate surface area is 128 Å². The minimum atomic E-state index is -0.424. The lowest BCUT2D eigenvalue weighted by Gasteiger charge is -2.33. The lowest BCUT2D eigenvalue weighted by molar-refractivity contribution is -0.152. The van der Waals surface area contributed by atoms with E-state index in [0.29, 0.717) is 12.5 Å². The third-order valence-corrected chi connectivity index (χ3v) is 5.95. The fourth-order valence-electron chi connectivity index (χ4n) is 3.06. The number of thioether (sulfide) groups is 1. The number of nitrogens with one attached hydrogen (secondary N) is 1. The first kappa shape index (κ1) is 17.8. The average Bonchev–Trinajstić information content (AvgIpc) is 2.87. The number of hydrogen-bond acceptors (Lipinski definition) is 4. The van der Waals surface area contributed by atoms with Crippen molar-refractivity contribution in [2.75, 3.05) is 25.2 Å². The third-order valence-electron chi connectivity index (χ3n) is 4.62. The minimum Gasteiger partial charge on any atom is -0.465 e. The third kappa shape index (κ3) is 4.39. The molecule has 3 atom stereocenters. The van der Waals surface area contributed by atoms with Crippen LogP contribution in [0.25, 0.3) is 0 Å². The number of likely N-dealkylation sites (N-methyl/N-ethyl adjacent to an activating group) is 1. The quantitative estimate of drug-likeness (QED) is 0.523. The zero-order chi connectivity index (χ0) is 15.0. The van der Waals surface area contributed by atoms with Gasteiger partial charge in [0.2, 0.25) is 0 Å². The van der Waals surface area contributed by atoms with Crippen molar-refractivity contribution in [3.63, 3.8) is 0 Å². The molecule has 0 heterocycles. The summed E-state index contributed by atoms with van der Waals surface area (Å²) in [5.41, 5.74) is -0.424. The van der Waals surface area contributed by atoms with E-state index in [9.17, 15) is 4.79 Å². The Morgan fingerprint density at radius 3 is 2.85 bits per heavy atom. The van der Waals surface area contributed by atoms with Crippen molar-refractivity contribution in [1.29, 1.82) is 0 Å². The van der Waals surface area contributed by atoms with Gasteiger partial charge in [0.1, 0.15) is 5.54 Å². The van der Waals surface area contributed by atoms with Gasteiger partial charge in [0, 0.05) is 0 Å². The van der Waals surface area contributed by atoms with Crippen LogP contribution in [0.3, 0.4) is 0 Å². The van der Waals surface area contributed by atoms with Crippen LogP contribution in [0.4, 0.5) is 0 Å². The van der Waals surface area contributed by atoms with Crippen LogP contribution in [0.15, 0.2) is 0 Å². The van der Waals surface area contributed by atoms with Crippen molar-refractivity contribution >= 4 is 17.7 Å². The molecule has 3 nitrogen and oxygen atoms in total. The Kier molecular flexibility index (Phi) is 7.96. The number of esters is 1. The second-order valence-electron chi connectivity index (χ2n) is 5.91. The van der Waals surface area contributed by atoms with Gasteiger partial charge in [0.15, 0.2) is 0 Å². The molecule has 4 heteroatoms. The Hall–Kier alpha value is -0.220. The highest BCUT2D eigenvalue weighted by Gasteiger charge is 2.48. The number of hydrogen-bond donors (Lipinski definition) is 1. The van der Waals surface area contributed by atoms with E-state index in [1.165, 1.54) is 12.2 Å². The van der Waals surface area contributed by atoms with E-state index in [4.69, 9.17) is 4.74 Å². The normalized spacial score (nSPS) is 27.5. The number of carbonyl (C=O) groups excluding carboxylic acids is 1. The van der Waals surface area contributed by atoms with E-state index < -0.39 is 5.54 Å². The van der Waals surface area contributed by atoms with Crippen LogP contribution >= 0.6 is 11.8 Å². The fraction of sp³-hybridized carbons (Fsp3) is 0.938. The van der Waals surface area contributed by atoms with E-state index in [2.05, 4.69) is 19.2 Å². The molecular weight excluding hydrogens is 270 g/mol. The van der Waals surface area contributed by atoms with Crippen molar-refractivity contribution in [2.24, 2.45) is 11.8 Å². The molecule has 0 spiro atoms. The van der Waals surface area contributed by atoms with Gasteiger partial charge < -0.3 is 10.1 Å². The molecular formula is C16H31NO2S. The van der Waals surface area contributed by atoms with Gasteiger partial charge in [-0.3, -0.25) is 4.79 Å². The molecule has 1 N–H and O–H groups in total. The molecule has 1 aliphatic carbocycles. The van der Waals surface area contributed by atoms with E-state index >= 15 is 0 Å². The van der Waals surface area contributed by atoms with Crippen LogP contribution in [0, 0.1) is 11.8 Å². The molecule has 0 radical (unpaired) electrons. The molecule has 118 valence electrons. The van der Waals surface area contributed by atoms with Crippen LogP contribution in [-0.2, 0) is 9.53 Å². The molecule has 1 aliphatic rings. The molecule has 0 aromatic rings. The average molecular weight is 301 g/mol. The van der Waals surface area contributed by atoms with Gasteiger partial charge >= 0.3 is 5.97 Å². The summed E-state index contributed by atoms with van der Waals surface area (Å²) in [6.07, 6.45) is 5.55. The SMILES string of the molecule is CCOC(=O)C1(NC)CCCC1CCSCC(C)CC. The summed E-state index contributed by atoms with van der Waals surface area (Å²) in [6.45, 7) is 6.90. The van der Waals surface area contributed by atoms with Gasteiger partial charge in [-0.05, 0) is 56.6 Å². The van der Waals surface area contributed by atoms with E-state index in [1.807, 2.05) is 25.7 Å². The second-order valence-corrected chi connectivity index (χ2v) is 7.06. The summed E-state index contributed by atoms with van der Waals surface area (Å²) < 4.78 is 5.30. The molecule has 0 aliphatic heterocycles. The van der Waals surface area contributed by atoms with Crippen LogP contribution in [-0.4, -0.2) is 36.7 Å². The van der Waals surface area contributed by atoms with Crippen molar-refractivity contribution in [1.82, 2.24) is 5.32 Å². The highest BCUT2D eigenvalue weighted by atomic mass is 32.2.